The SMILES string of the molecule is O=C(CCCNC(=O)c1ccco1)OCc1cn(-c2ccccc2)nc1-c1ccccc1. The van der Waals surface area contributed by atoms with E-state index in [1.165, 1.54) is 6.26 Å². The molecule has 7 heteroatoms. The summed E-state index contributed by atoms with van der Waals surface area (Å²) in [6.07, 6.45) is 4.00. The molecule has 0 aliphatic rings. The molecule has 2 aromatic carbocycles. The van der Waals surface area contributed by atoms with Gasteiger partial charge in [-0.05, 0) is 30.7 Å². The van der Waals surface area contributed by atoms with Gasteiger partial charge in [0.25, 0.3) is 5.91 Å². The zero-order chi connectivity index (χ0) is 22.2. The molecular formula is C25H23N3O4. The first-order chi connectivity index (χ1) is 15.7. The molecule has 7 nitrogen and oxygen atoms in total. The summed E-state index contributed by atoms with van der Waals surface area (Å²) in [5, 5.41) is 7.43. The first-order valence-corrected chi connectivity index (χ1v) is 10.4. The predicted octanol–water partition coefficient (Wildman–Crippen LogP) is 4.39. The van der Waals surface area contributed by atoms with Gasteiger partial charge in [0.2, 0.25) is 0 Å². The second kappa shape index (κ2) is 10.3. The van der Waals surface area contributed by atoms with Crippen LogP contribution in [0.3, 0.4) is 0 Å². The third-order valence-corrected chi connectivity index (χ3v) is 4.83. The molecule has 1 N–H and O–H groups in total. The highest BCUT2D eigenvalue weighted by Gasteiger charge is 2.14. The van der Waals surface area contributed by atoms with E-state index in [-0.39, 0.29) is 30.7 Å². The van der Waals surface area contributed by atoms with E-state index in [1.54, 1.807) is 16.8 Å². The van der Waals surface area contributed by atoms with Gasteiger partial charge in [0, 0.05) is 30.3 Å². The number of nitrogens with zero attached hydrogens (tertiary/aromatic N) is 2. The number of hydrogen-bond acceptors (Lipinski definition) is 5. The van der Waals surface area contributed by atoms with Gasteiger partial charge in [-0.3, -0.25) is 9.59 Å². The van der Waals surface area contributed by atoms with E-state index < -0.39 is 0 Å². The molecule has 0 aliphatic heterocycles. The Labute approximate surface area is 185 Å². The first-order valence-electron chi connectivity index (χ1n) is 10.4. The molecule has 2 heterocycles. The van der Waals surface area contributed by atoms with Crippen LogP contribution in [0.5, 0.6) is 0 Å². The van der Waals surface area contributed by atoms with Crippen molar-refractivity contribution in [1.82, 2.24) is 15.1 Å². The van der Waals surface area contributed by atoms with Crippen LogP contribution < -0.4 is 5.32 Å². The second-order valence-corrected chi connectivity index (χ2v) is 7.15. The van der Waals surface area contributed by atoms with Crippen molar-refractivity contribution in [3.63, 3.8) is 0 Å². The normalized spacial score (nSPS) is 10.6. The Bertz CT molecular complexity index is 1150. The summed E-state index contributed by atoms with van der Waals surface area (Å²) in [6.45, 7) is 0.477. The zero-order valence-electron chi connectivity index (χ0n) is 17.4. The van der Waals surface area contributed by atoms with E-state index in [1.807, 2.05) is 66.9 Å². The fourth-order valence-electron chi connectivity index (χ4n) is 3.23. The van der Waals surface area contributed by atoms with Gasteiger partial charge < -0.3 is 14.5 Å². The molecule has 1 amide bonds. The number of hydrogen-bond donors (Lipinski definition) is 1. The number of aromatic nitrogens is 2. The van der Waals surface area contributed by atoms with E-state index in [4.69, 9.17) is 14.3 Å². The van der Waals surface area contributed by atoms with Gasteiger partial charge in [-0.2, -0.15) is 5.10 Å². The molecule has 4 rings (SSSR count). The predicted molar refractivity (Wildman–Crippen MR) is 119 cm³/mol. The van der Waals surface area contributed by atoms with Crippen LogP contribution >= 0.6 is 0 Å². The zero-order valence-corrected chi connectivity index (χ0v) is 17.4. The summed E-state index contributed by atoms with van der Waals surface area (Å²) in [4.78, 5) is 24.1. The minimum absolute atomic E-state index is 0.120. The summed E-state index contributed by atoms with van der Waals surface area (Å²) in [5.74, 6) is -0.385. The van der Waals surface area contributed by atoms with Crippen molar-refractivity contribution in [2.75, 3.05) is 6.54 Å². The summed E-state index contributed by atoms with van der Waals surface area (Å²) in [6, 6.07) is 22.8. The van der Waals surface area contributed by atoms with Crippen molar-refractivity contribution in [3.05, 3.63) is 96.6 Å². The van der Waals surface area contributed by atoms with Crippen LogP contribution in [-0.4, -0.2) is 28.2 Å². The maximum Gasteiger partial charge on any atom is 0.306 e. The van der Waals surface area contributed by atoms with Crippen molar-refractivity contribution in [3.8, 4) is 16.9 Å². The second-order valence-electron chi connectivity index (χ2n) is 7.15. The molecule has 0 aliphatic carbocycles. The van der Waals surface area contributed by atoms with E-state index in [2.05, 4.69) is 5.32 Å². The molecule has 0 atom stereocenters. The number of benzene rings is 2. The number of furan rings is 1. The molecule has 0 radical (unpaired) electrons. The van der Waals surface area contributed by atoms with Gasteiger partial charge >= 0.3 is 5.97 Å². The Kier molecular flexibility index (Phi) is 6.77. The molecule has 162 valence electrons. The topological polar surface area (TPSA) is 86.4 Å². The number of nitrogens with one attached hydrogen (secondary N) is 1. The van der Waals surface area contributed by atoms with E-state index in [9.17, 15) is 9.59 Å². The summed E-state index contributed by atoms with van der Waals surface area (Å²) in [7, 11) is 0. The Balaban J connectivity index is 1.35. The number of para-hydroxylation sites is 1. The minimum Gasteiger partial charge on any atom is -0.461 e. The lowest BCUT2D eigenvalue weighted by molar-refractivity contribution is -0.145. The van der Waals surface area contributed by atoms with Gasteiger partial charge in [-0.15, -0.1) is 0 Å². The molecule has 4 aromatic rings. The molecule has 32 heavy (non-hydrogen) atoms. The molecule has 2 aromatic heterocycles. The van der Waals surface area contributed by atoms with Crippen molar-refractivity contribution < 1.29 is 18.7 Å². The first kappa shape index (κ1) is 21.1. The fraction of sp³-hybridized carbons (Fsp3) is 0.160. The Hall–Kier alpha value is -4.13. The molecule has 0 spiro atoms. The maximum absolute atomic E-state index is 12.2. The summed E-state index contributed by atoms with van der Waals surface area (Å²) >= 11 is 0. The minimum atomic E-state index is -0.330. The van der Waals surface area contributed by atoms with Crippen molar-refractivity contribution in [1.29, 1.82) is 0 Å². The molecule has 0 unspecified atom stereocenters. The van der Waals surface area contributed by atoms with Gasteiger partial charge in [-0.25, -0.2) is 4.68 Å². The summed E-state index contributed by atoms with van der Waals surface area (Å²) < 4.78 is 12.3. The smallest absolute Gasteiger partial charge is 0.306 e. The van der Waals surface area contributed by atoms with Crippen LogP contribution in [-0.2, 0) is 16.1 Å². The highest BCUT2D eigenvalue weighted by molar-refractivity contribution is 5.91. The number of amides is 1. The quantitative estimate of drug-likeness (QED) is 0.315. The molecule has 0 fully saturated rings. The Morgan fingerprint density at radius 3 is 2.44 bits per heavy atom. The number of esters is 1. The average molecular weight is 429 g/mol. The molecule has 0 saturated carbocycles. The van der Waals surface area contributed by atoms with Crippen molar-refractivity contribution in [2.24, 2.45) is 0 Å². The Morgan fingerprint density at radius 1 is 0.969 bits per heavy atom. The largest absolute Gasteiger partial charge is 0.461 e. The van der Waals surface area contributed by atoms with Crippen LogP contribution in [0.1, 0.15) is 29.0 Å². The molecular weight excluding hydrogens is 406 g/mol. The fourth-order valence-corrected chi connectivity index (χ4v) is 3.23. The maximum atomic E-state index is 12.2. The van der Waals surface area contributed by atoms with Crippen LogP contribution in [0.25, 0.3) is 16.9 Å². The van der Waals surface area contributed by atoms with Crippen LogP contribution in [0.15, 0.2) is 89.7 Å². The lowest BCUT2D eigenvalue weighted by atomic mass is 10.1. The standard InChI is InChI=1S/C25H23N3O4/c29-23(14-7-15-26-25(30)22-13-8-16-31-22)32-18-20-17-28(21-11-5-2-6-12-21)27-24(20)19-9-3-1-4-10-19/h1-6,8-13,16-17H,7,14-15,18H2,(H,26,30). The number of carbonyl (C=O) groups excluding carboxylic acids is 2. The van der Waals surface area contributed by atoms with Gasteiger partial charge in [-0.1, -0.05) is 48.5 Å². The van der Waals surface area contributed by atoms with Crippen molar-refractivity contribution in [2.45, 2.75) is 19.4 Å². The third-order valence-electron chi connectivity index (χ3n) is 4.83. The van der Waals surface area contributed by atoms with Gasteiger partial charge in [0.05, 0.1) is 17.6 Å². The average Bonchev–Trinajstić information content (AvgIpc) is 3.52. The number of ether oxygens (including phenoxy) is 1. The van der Waals surface area contributed by atoms with Gasteiger partial charge in [0.15, 0.2) is 5.76 Å². The number of rotatable bonds is 9. The van der Waals surface area contributed by atoms with Crippen molar-refractivity contribution >= 4 is 11.9 Å². The highest BCUT2D eigenvalue weighted by Crippen LogP contribution is 2.24. The number of carbonyl (C=O) groups is 2. The monoisotopic (exact) mass is 429 g/mol. The van der Waals surface area contributed by atoms with Crippen LogP contribution in [0.4, 0.5) is 0 Å². The van der Waals surface area contributed by atoms with E-state index in [0.29, 0.717) is 13.0 Å². The lowest BCUT2D eigenvalue weighted by Crippen LogP contribution is -2.24. The van der Waals surface area contributed by atoms with Gasteiger partial charge in [0.1, 0.15) is 6.61 Å². The summed E-state index contributed by atoms with van der Waals surface area (Å²) in [5.41, 5.74) is 3.47. The highest BCUT2D eigenvalue weighted by atomic mass is 16.5. The lowest BCUT2D eigenvalue weighted by Gasteiger charge is -2.06. The Morgan fingerprint density at radius 2 is 1.72 bits per heavy atom. The molecule has 0 bridgehead atoms. The third kappa shape index (κ3) is 5.31. The van der Waals surface area contributed by atoms with Crippen LogP contribution in [0, 0.1) is 0 Å². The van der Waals surface area contributed by atoms with E-state index in [0.717, 1.165) is 22.5 Å². The molecule has 0 saturated heterocycles. The van der Waals surface area contributed by atoms with E-state index >= 15 is 0 Å². The van der Waals surface area contributed by atoms with Crippen LogP contribution in [0.2, 0.25) is 0 Å².